The van der Waals surface area contributed by atoms with E-state index in [1.807, 2.05) is 30.3 Å². The second-order valence-electron chi connectivity index (χ2n) is 9.56. The fourth-order valence-corrected chi connectivity index (χ4v) is 3.58. The largest absolute Gasteiger partial charge is 0.459 e. The summed E-state index contributed by atoms with van der Waals surface area (Å²) >= 11 is 0. The Morgan fingerprint density at radius 1 is 0.970 bits per heavy atom. The predicted molar refractivity (Wildman–Crippen MR) is 123 cm³/mol. The number of hydrogen-bond donors (Lipinski definition) is 2. The average molecular weight is 467 g/mol. The molecule has 2 aromatic rings. The smallest absolute Gasteiger partial charge is 0.401 e. The van der Waals surface area contributed by atoms with Gasteiger partial charge in [0.2, 0.25) is 5.91 Å². The second-order valence-corrected chi connectivity index (χ2v) is 9.56. The van der Waals surface area contributed by atoms with Crippen LogP contribution in [0.4, 0.5) is 13.2 Å². The summed E-state index contributed by atoms with van der Waals surface area (Å²) in [6.07, 6.45) is -4.79. The fraction of sp³-hybridized carbons (Fsp3) is 0.520. The molecule has 0 aliphatic rings. The molecule has 0 aromatic heterocycles. The molecule has 0 radical (unpaired) electrons. The van der Waals surface area contributed by atoms with Crippen LogP contribution in [0.15, 0.2) is 42.5 Å². The van der Waals surface area contributed by atoms with Crippen LogP contribution in [0.1, 0.15) is 53.1 Å². The van der Waals surface area contributed by atoms with Gasteiger partial charge in [-0.15, -0.1) is 0 Å². The summed E-state index contributed by atoms with van der Waals surface area (Å²) in [6, 6.07) is 11.4. The number of fused-ring (bicyclic) bond motifs is 1. The summed E-state index contributed by atoms with van der Waals surface area (Å²) in [5.41, 5.74) is -0.0511. The summed E-state index contributed by atoms with van der Waals surface area (Å²) in [5, 5.41) is 6.91. The Morgan fingerprint density at radius 2 is 1.58 bits per heavy atom. The van der Waals surface area contributed by atoms with Gasteiger partial charge in [0.05, 0.1) is 6.04 Å². The minimum atomic E-state index is -4.79. The average Bonchev–Trinajstić information content (AvgIpc) is 2.67. The van der Waals surface area contributed by atoms with Crippen molar-refractivity contribution in [2.75, 3.05) is 6.54 Å². The molecule has 2 rings (SSSR count). The molecular formula is C25H33F3N2O3. The van der Waals surface area contributed by atoms with E-state index >= 15 is 0 Å². The quantitative estimate of drug-likeness (QED) is 0.528. The van der Waals surface area contributed by atoms with E-state index in [9.17, 15) is 22.8 Å². The van der Waals surface area contributed by atoms with Gasteiger partial charge in [-0.3, -0.25) is 9.59 Å². The van der Waals surface area contributed by atoms with E-state index in [1.54, 1.807) is 53.7 Å². The lowest BCUT2D eigenvalue weighted by Crippen LogP contribution is -2.51. The summed E-state index contributed by atoms with van der Waals surface area (Å²) in [4.78, 5) is 25.2. The first kappa shape index (κ1) is 26.6. The highest BCUT2D eigenvalue weighted by molar-refractivity contribution is 5.87. The van der Waals surface area contributed by atoms with E-state index in [-0.39, 0.29) is 5.92 Å². The van der Waals surface area contributed by atoms with Crippen LogP contribution in [0.25, 0.3) is 10.8 Å². The topological polar surface area (TPSA) is 67.4 Å². The number of esters is 1. The summed E-state index contributed by atoms with van der Waals surface area (Å²) in [6.45, 7) is 9.37. The zero-order valence-electron chi connectivity index (χ0n) is 19.9. The normalized spacial score (nSPS) is 15.2. The third-order valence-corrected chi connectivity index (χ3v) is 5.23. The number of carbonyl (C=O) groups excluding carboxylic acids is 2. The number of rotatable bonds is 8. The van der Waals surface area contributed by atoms with Crippen LogP contribution in [0.2, 0.25) is 0 Å². The first-order valence-corrected chi connectivity index (χ1v) is 11.0. The number of alkyl halides is 3. The molecule has 8 heteroatoms. The fourth-order valence-electron chi connectivity index (χ4n) is 3.58. The molecular weight excluding hydrogens is 433 g/mol. The number of hydrogen-bond acceptors (Lipinski definition) is 4. The van der Waals surface area contributed by atoms with Gasteiger partial charge in [-0.25, -0.2) is 0 Å². The van der Waals surface area contributed by atoms with Gasteiger partial charge in [-0.2, -0.15) is 13.2 Å². The highest BCUT2D eigenvalue weighted by Gasteiger charge is 2.45. The number of nitrogens with one attached hydrogen (secondary N) is 2. The van der Waals surface area contributed by atoms with Gasteiger partial charge in [-0.1, -0.05) is 56.3 Å². The van der Waals surface area contributed by atoms with E-state index < -0.39 is 48.2 Å². The highest BCUT2D eigenvalue weighted by atomic mass is 19.4. The Kier molecular flexibility index (Phi) is 8.52. The van der Waals surface area contributed by atoms with Crippen molar-refractivity contribution in [3.8, 4) is 0 Å². The van der Waals surface area contributed by atoms with Crippen molar-refractivity contribution >= 4 is 22.6 Å². The van der Waals surface area contributed by atoms with Crippen LogP contribution in [0, 0.1) is 11.8 Å². The standard InChI is InChI=1S/C25H33F3N2O3/c1-15(2)21(23(32)33-24(4,5)6)29-14-20(25(26,27)28)22(31)30-16(3)18-13-9-11-17-10-7-8-12-19(17)18/h7-13,15-16,20-21,29H,14H2,1-6H3,(H,30,31)/t16-,20-,21-/m0/s1. The zero-order valence-corrected chi connectivity index (χ0v) is 19.9. The number of halogens is 3. The molecule has 2 N–H and O–H groups in total. The minimum Gasteiger partial charge on any atom is -0.459 e. The summed E-state index contributed by atoms with van der Waals surface area (Å²) in [7, 11) is 0. The molecule has 0 aliphatic carbocycles. The van der Waals surface area contributed by atoms with E-state index in [4.69, 9.17) is 4.74 Å². The van der Waals surface area contributed by atoms with Gasteiger partial charge >= 0.3 is 12.1 Å². The van der Waals surface area contributed by atoms with Crippen LogP contribution in [0.3, 0.4) is 0 Å². The van der Waals surface area contributed by atoms with E-state index in [2.05, 4.69) is 10.6 Å². The van der Waals surface area contributed by atoms with Crippen molar-refractivity contribution < 1.29 is 27.5 Å². The molecule has 0 unspecified atom stereocenters. The minimum absolute atomic E-state index is 0.327. The molecule has 2 aromatic carbocycles. The van der Waals surface area contributed by atoms with Crippen molar-refractivity contribution in [3.05, 3.63) is 48.0 Å². The van der Waals surface area contributed by atoms with Gasteiger partial charge in [0.1, 0.15) is 17.6 Å². The molecule has 0 fully saturated rings. The monoisotopic (exact) mass is 466 g/mol. The van der Waals surface area contributed by atoms with Crippen LogP contribution in [0.5, 0.6) is 0 Å². The lowest BCUT2D eigenvalue weighted by molar-refractivity contribution is -0.183. The van der Waals surface area contributed by atoms with Gasteiger partial charge in [0.25, 0.3) is 0 Å². The van der Waals surface area contributed by atoms with Crippen LogP contribution in [-0.4, -0.2) is 36.2 Å². The molecule has 0 heterocycles. The summed E-state index contributed by atoms with van der Waals surface area (Å²) < 4.78 is 46.7. The van der Waals surface area contributed by atoms with Gasteiger partial charge in [-0.05, 0) is 49.9 Å². The maximum atomic E-state index is 13.8. The SMILES string of the molecule is CC(C)[C@H](NC[C@@H](C(=O)N[C@@H](C)c1cccc2ccccc12)C(F)(F)F)C(=O)OC(C)(C)C. The van der Waals surface area contributed by atoms with Gasteiger partial charge in [0, 0.05) is 6.54 Å². The van der Waals surface area contributed by atoms with Crippen molar-refractivity contribution in [1.29, 1.82) is 0 Å². The molecule has 0 saturated carbocycles. The van der Waals surface area contributed by atoms with Crippen molar-refractivity contribution in [1.82, 2.24) is 10.6 Å². The second kappa shape index (κ2) is 10.5. The maximum absolute atomic E-state index is 13.8. The molecule has 3 atom stereocenters. The van der Waals surface area contributed by atoms with E-state index in [1.165, 1.54) is 0 Å². The van der Waals surface area contributed by atoms with Crippen LogP contribution >= 0.6 is 0 Å². The molecule has 0 bridgehead atoms. The zero-order chi connectivity index (χ0) is 25.0. The molecule has 0 spiro atoms. The van der Waals surface area contributed by atoms with E-state index in [0.717, 1.165) is 16.3 Å². The number of benzene rings is 2. The lowest BCUT2D eigenvalue weighted by Gasteiger charge is -2.29. The first-order valence-electron chi connectivity index (χ1n) is 11.0. The van der Waals surface area contributed by atoms with Gasteiger partial charge < -0.3 is 15.4 Å². The van der Waals surface area contributed by atoms with Crippen molar-refractivity contribution in [2.24, 2.45) is 11.8 Å². The highest BCUT2D eigenvalue weighted by Crippen LogP contribution is 2.29. The Bertz CT molecular complexity index is 962. The predicted octanol–water partition coefficient (Wildman–Crippen LogP) is 5.15. The molecule has 0 saturated heterocycles. The Morgan fingerprint density at radius 3 is 2.15 bits per heavy atom. The Labute approximate surface area is 193 Å². The third kappa shape index (κ3) is 7.45. The number of ether oxygens (including phenoxy) is 1. The molecule has 182 valence electrons. The molecule has 0 aliphatic heterocycles. The Hall–Kier alpha value is -2.61. The van der Waals surface area contributed by atoms with Gasteiger partial charge in [0.15, 0.2) is 0 Å². The number of carbonyl (C=O) groups is 2. The van der Waals surface area contributed by atoms with Crippen molar-refractivity contribution in [3.63, 3.8) is 0 Å². The maximum Gasteiger partial charge on any atom is 0.401 e. The third-order valence-electron chi connectivity index (χ3n) is 5.23. The number of amides is 1. The van der Waals surface area contributed by atoms with Crippen molar-refractivity contribution in [2.45, 2.75) is 65.4 Å². The van der Waals surface area contributed by atoms with Crippen LogP contribution < -0.4 is 10.6 Å². The molecule has 33 heavy (non-hydrogen) atoms. The van der Waals surface area contributed by atoms with Crippen LogP contribution in [-0.2, 0) is 14.3 Å². The summed E-state index contributed by atoms with van der Waals surface area (Å²) in [5.74, 6) is -4.45. The first-order chi connectivity index (χ1) is 15.2. The molecule has 1 amide bonds. The Balaban J connectivity index is 2.17. The van der Waals surface area contributed by atoms with E-state index in [0.29, 0.717) is 0 Å². The molecule has 5 nitrogen and oxygen atoms in total. The lowest BCUT2D eigenvalue weighted by atomic mass is 9.98.